The molecule has 8 heteroatoms. The zero-order chi connectivity index (χ0) is 27.0. The lowest BCUT2D eigenvalue weighted by atomic mass is 10.0. The van der Waals surface area contributed by atoms with Crippen molar-refractivity contribution in [1.82, 2.24) is 5.32 Å². The minimum atomic E-state index is -4.85. The maximum atomic E-state index is 13.8. The summed E-state index contributed by atoms with van der Waals surface area (Å²) < 4.78 is 57.3. The topological polar surface area (TPSA) is 55.4 Å². The van der Waals surface area contributed by atoms with Crippen LogP contribution in [0.2, 0.25) is 0 Å². The number of alkyl halides is 3. The molecule has 0 saturated carbocycles. The summed E-state index contributed by atoms with van der Waals surface area (Å²) in [6.45, 7) is 5.89. The van der Waals surface area contributed by atoms with Crippen molar-refractivity contribution in [2.75, 3.05) is 6.61 Å². The first-order chi connectivity index (χ1) is 17.1. The van der Waals surface area contributed by atoms with Crippen LogP contribution in [0.4, 0.5) is 17.6 Å². The molecule has 0 radical (unpaired) electrons. The van der Waals surface area contributed by atoms with Gasteiger partial charge in [0.05, 0.1) is 12.2 Å². The van der Waals surface area contributed by atoms with Crippen molar-refractivity contribution >= 4 is 11.9 Å². The Bertz CT molecular complexity index is 781. The molecule has 1 amide bonds. The third kappa shape index (κ3) is 12.7. The quantitative estimate of drug-likeness (QED) is 0.121. The molecule has 1 atom stereocenters. The molecular formula is C28H43F4NO3. The smallest absolute Gasteiger partial charge is 0.419 e. The molecule has 206 valence electrons. The Morgan fingerprint density at radius 1 is 0.861 bits per heavy atom. The minimum Gasteiger partial charge on any atom is -0.464 e. The van der Waals surface area contributed by atoms with Crippen molar-refractivity contribution in [2.45, 2.75) is 116 Å². The van der Waals surface area contributed by atoms with Crippen molar-refractivity contribution in [2.24, 2.45) is 5.92 Å². The standard InChI is InChI=1S/C28H43F4NO3/c1-4-5-6-7-8-9-10-11-12-13-14-15-16-19-36-27(35)25(21(2)3)33-26(34)22-17-18-23(24(29)20-22)28(30,31)32/h17-18,20-21,25H,4-16,19H2,1-3H3,(H,33,34). The number of ether oxygens (including phenoxy) is 1. The van der Waals surface area contributed by atoms with Gasteiger partial charge in [0.2, 0.25) is 0 Å². The SMILES string of the molecule is CCCCCCCCCCCCCCCOC(=O)C(NC(=O)c1ccc(C(F)(F)F)c(F)c1)C(C)C. The third-order valence-electron chi connectivity index (χ3n) is 6.24. The second-order valence-corrected chi connectivity index (χ2v) is 9.80. The summed E-state index contributed by atoms with van der Waals surface area (Å²) in [6, 6.07) is 0.943. The normalized spacial score (nSPS) is 12.6. The van der Waals surface area contributed by atoms with E-state index in [2.05, 4.69) is 12.2 Å². The Hall–Kier alpha value is -2.12. The zero-order valence-corrected chi connectivity index (χ0v) is 22.0. The molecule has 1 aromatic rings. The molecule has 1 rings (SSSR count). The van der Waals surface area contributed by atoms with Crippen molar-refractivity contribution in [3.8, 4) is 0 Å². The van der Waals surface area contributed by atoms with E-state index >= 15 is 0 Å². The van der Waals surface area contributed by atoms with Crippen molar-refractivity contribution in [3.63, 3.8) is 0 Å². The van der Waals surface area contributed by atoms with Gasteiger partial charge < -0.3 is 10.1 Å². The summed E-state index contributed by atoms with van der Waals surface area (Å²) in [5.41, 5.74) is -1.74. The van der Waals surface area contributed by atoms with Crippen LogP contribution in [0.25, 0.3) is 0 Å². The molecule has 0 spiro atoms. The van der Waals surface area contributed by atoms with Crippen LogP contribution in [0.15, 0.2) is 18.2 Å². The number of nitrogens with one attached hydrogen (secondary N) is 1. The number of carbonyl (C=O) groups is 2. The highest BCUT2D eigenvalue weighted by atomic mass is 19.4. The number of hydrogen-bond acceptors (Lipinski definition) is 3. The van der Waals surface area contributed by atoms with Crippen LogP contribution >= 0.6 is 0 Å². The Kier molecular flexibility index (Phi) is 15.4. The molecule has 1 aromatic carbocycles. The van der Waals surface area contributed by atoms with Gasteiger partial charge in [-0.1, -0.05) is 97.8 Å². The van der Waals surface area contributed by atoms with Gasteiger partial charge in [-0.2, -0.15) is 13.2 Å². The highest BCUT2D eigenvalue weighted by Crippen LogP contribution is 2.31. The maximum Gasteiger partial charge on any atom is 0.419 e. The lowest BCUT2D eigenvalue weighted by molar-refractivity contribution is -0.147. The van der Waals surface area contributed by atoms with Crippen LogP contribution in [-0.4, -0.2) is 24.5 Å². The van der Waals surface area contributed by atoms with Gasteiger partial charge in [-0.3, -0.25) is 4.79 Å². The van der Waals surface area contributed by atoms with Gasteiger partial charge in [-0.05, 0) is 30.5 Å². The summed E-state index contributed by atoms with van der Waals surface area (Å²) in [6.07, 6.45) is 10.8. The lowest BCUT2D eigenvalue weighted by Gasteiger charge is -2.21. The van der Waals surface area contributed by atoms with Crippen LogP contribution in [0.3, 0.4) is 0 Å². The van der Waals surface area contributed by atoms with E-state index in [1.165, 1.54) is 57.8 Å². The first-order valence-corrected chi connectivity index (χ1v) is 13.4. The number of carbonyl (C=O) groups excluding carboxylic acids is 2. The molecule has 0 heterocycles. The number of amides is 1. The summed E-state index contributed by atoms with van der Waals surface area (Å²) in [7, 11) is 0. The number of benzene rings is 1. The summed E-state index contributed by atoms with van der Waals surface area (Å²) >= 11 is 0. The predicted molar refractivity (Wildman–Crippen MR) is 134 cm³/mol. The van der Waals surface area contributed by atoms with E-state index in [1.807, 2.05) is 0 Å². The largest absolute Gasteiger partial charge is 0.464 e. The summed E-state index contributed by atoms with van der Waals surface area (Å²) in [5, 5.41) is 2.46. The molecule has 1 N–H and O–H groups in total. The second kappa shape index (κ2) is 17.4. The number of esters is 1. The molecule has 0 aliphatic carbocycles. The fourth-order valence-electron chi connectivity index (χ4n) is 3.99. The Labute approximate surface area is 213 Å². The van der Waals surface area contributed by atoms with Crippen molar-refractivity contribution in [1.29, 1.82) is 0 Å². The summed E-state index contributed by atoms with van der Waals surface area (Å²) in [4.78, 5) is 24.9. The van der Waals surface area contributed by atoms with E-state index in [4.69, 9.17) is 4.74 Å². The van der Waals surface area contributed by atoms with Crippen molar-refractivity contribution < 1.29 is 31.9 Å². The first kappa shape index (κ1) is 31.9. The van der Waals surface area contributed by atoms with Crippen LogP contribution < -0.4 is 5.32 Å². The molecule has 4 nitrogen and oxygen atoms in total. The fourth-order valence-corrected chi connectivity index (χ4v) is 3.99. The number of halogens is 4. The van der Waals surface area contributed by atoms with Gasteiger partial charge in [0.1, 0.15) is 11.9 Å². The highest BCUT2D eigenvalue weighted by Gasteiger charge is 2.34. The van der Waals surface area contributed by atoms with E-state index in [-0.39, 0.29) is 18.1 Å². The Morgan fingerprint density at radius 2 is 1.36 bits per heavy atom. The van der Waals surface area contributed by atoms with Gasteiger partial charge in [0, 0.05) is 5.56 Å². The fraction of sp³-hybridized carbons (Fsp3) is 0.714. The van der Waals surface area contributed by atoms with Gasteiger partial charge in [0.15, 0.2) is 0 Å². The molecule has 0 bridgehead atoms. The average Bonchev–Trinajstić information content (AvgIpc) is 2.81. The lowest BCUT2D eigenvalue weighted by Crippen LogP contribution is -2.45. The summed E-state index contributed by atoms with van der Waals surface area (Å²) in [5.74, 6) is -3.29. The van der Waals surface area contributed by atoms with E-state index in [0.717, 1.165) is 31.7 Å². The zero-order valence-electron chi connectivity index (χ0n) is 22.0. The molecule has 0 saturated heterocycles. The molecule has 0 aliphatic heterocycles. The predicted octanol–water partition coefficient (Wildman–Crippen LogP) is 8.23. The number of hydrogen-bond donors (Lipinski definition) is 1. The average molecular weight is 518 g/mol. The Morgan fingerprint density at radius 3 is 1.81 bits per heavy atom. The molecule has 36 heavy (non-hydrogen) atoms. The minimum absolute atomic E-state index is 0.241. The first-order valence-electron chi connectivity index (χ1n) is 13.4. The van der Waals surface area contributed by atoms with Crippen molar-refractivity contribution in [3.05, 3.63) is 35.1 Å². The van der Waals surface area contributed by atoms with E-state index in [0.29, 0.717) is 12.1 Å². The van der Waals surface area contributed by atoms with Gasteiger partial charge in [0.25, 0.3) is 5.91 Å². The third-order valence-corrected chi connectivity index (χ3v) is 6.24. The van der Waals surface area contributed by atoms with Gasteiger partial charge in [-0.25, -0.2) is 9.18 Å². The highest BCUT2D eigenvalue weighted by molar-refractivity contribution is 5.96. The van der Waals surface area contributed by atoms with E-state index < -0.39 is 35.5 Å². The second-order valence-electron chi connectivity index (χ2n) is 9.80. The maximum absolute atomic E-state index is 13.8. The van der Waals surface area contributed by atoms with Crippen LogP contribution in [-0.2, 0) is 15.7 Å². The van der Waals surface area contributed by atoms with Crippen LogP contribution in [0.5, 0.6) is 0 Å². The van der Waals surface area contributed by atoms with E-state index in [9.17, 15) is 27.2 Å². The molecule has 1 unspecified atom stereocenters. The molecular weight excluding hydrogens is 474 g/mol. The molecule has 0 aliphatic rings. The van der Waals surface area contributed by atoms with E-state index in [1.54, 1.807) is 13.8 Å². The number of unbranched alkanes of at least 4 members (excludes halogenated alkanes) is 12. The monoisotopic (exact) mass is 517 g/mol. The number of rotatable bonds is 18. The molecule has 0 fully saturated rings. The molecule has 0 aromatic heterocycles. The van der Waals surface area contributed by atoms with Gasteiger partial charge in [-0.15, -0.1) is 0 Å². The van der Waals surface area contributed by atoms with Crippen LogP contribution in [0, 0.1) is 11.7 Å². The van der Waals surface area contributed by atoms with Crippen LogP contribution in [0.1, 0.15) is 120 Å². The van der Waals surface area contributed by atoms with Gasteiger partial charge >= 0.3 is 12.1 Å². The Balaban J connectivity index is 2.28.